The summed E-state index contributed by atoms with van der Waals surface area (Å²) in [5.74, 6) is -0.453. The van der Waals surface area contributed by atoms with Gasteiger partial charge in [0, 0.05) is 13.7 Å². The van der Waals surface area contributed by atoms with Gasteiger partial charge in [-0.25, -0.2) is 4.39 Å². The molecule has 0 aromatic heterocycles. The van der Waals surface area contributed by atoms with Crippen LogP contribution in [0.1, 0.15) is 5.56 Å². The van der Waals surface area contributed by atoms with Gasteiger partial charge < -0.3 is 14.8 Å². The highest BCUT2D eigenvalue weighted by atomic mass is 19.1. The first-order valence-corrected chi connectivity index (χ1v) is 5.81. The van der Waals surface area contributed by atoms with Gasteiger partial charge in [0.15, 0.2) is 0 Å². The van der Waals surface area contributed by atoms with Crippen molar-refractivity contribution in [2.45, 2.75) is 6.42 Å². The maximum Gasteiger partial charge on any atom is 0.246 e. The largest absolute Gasteiger partial charge is 0.382 e. The third kappa shape index (κ3) is 5.75. The molecule has 0 bridgehead atoms. The van der Waals surface area contributed by atoms with Crippen molar-refractivity contribution in [1.82, 2.24) is 5.32 Å². The Morgan fingerprint density at radius 1 is 1.33 bits per heavy atom. The molecular formula is C13H18FNO3. The minimum Gasteiger partial charge on any atom is -0.382 e. The monoisotopic (exact) mass is 255 g/mol. The summed E-state index contributed by atoms with van der Waals surface area (Å²) in [5.41, 5.74) is 0.595. The van der Waals surface area contributed by atoms with Crippen LogP contribution in [0.25, 0.3) is 0 Å². The van der Waals surface area contributed by atoms with E-state index in [4.69, 9.17) is 9.47 Å². The summed E-state index contributed by atoms with van der Waals surface area (Å²) in [6.45, 7) is 1.24. The molecule has 0 atom stereocenters. The van der Waals surface area contributed by atoms with Crippen LogP contribution in [0, 0.1) is 5.82 Å². The summed E-state index contributed by atoms with van der Waals surface area (Å²) < 4.78 is 23.1. The van der Waals surface area contributed by atoms with Gasteiger partial charge >= 0.3 is 0 Å². The molecule has 0 unspecified atom stereocenters. The maximum atomic E-state index is 13.3. The van der Waals surface area contributed by atoms with Crippen LogP contribution in [0.2, 0.25) is 0 Å². The highest BCUT2D eigenvalue weighted by molar-refractivity contribution is 5.77. The zero-order chi connectivity index (χ0) is 13.2. The Kier molecular flexibility index (Phi) is 6.98. The molecule has 0 radical (unpaired) electrons. The number of carbonyl (C=O) groups is 1. The van der Waals surface area contributed by atoms with Crippen LogP contribution in [0.5, 0.6) is 0 Å². The third-order valence-corrected chi connectivity index (χ3v) is 2.34. The number of rotatable bonds is 8. The first kappa shape index (κ1) is 14.6. The molecule has 0 aliphatic rings. The summed E-state index contributed by atoms with van der Waals surface area (Å²) in [7, 11) is 1.57. The SMILES string of the molecule is COCCOCC(=O)NCCc1ccccc1F. The fraction of sp³-hybridized carbons (Fsp3) is 0.462. The Morgan fingerprint density at radius 3 is 2.83 bits per heavy atom. The van der Waals surface area contributed by atoms with Crippen molar-refractivity contribution in [3.63, 3.8) is 0 Å². The average molecular weight is 255 g/mol. The van der Waals surface area contributed by atoms with Gasteiger partial charge in [-0.1, -0.05) is 18.2 Å². The van der Waals surface area contributed by atoms with Gasteiger partial charge in [-0.15, -0.1) is 0 Å². The van der Waals surface area contributed by atoms with Crippen LogP contribution in [-0.4, -0.2) is 39.4 Å². The molecule has 1 rings (SSSR count). The average Bonchev–Trinajstić information content (AvgIpc) is 2.37. The Labute approximate surface area is 106 Å². The van der Waals surface area contributed by atoms with Crippen molar-refractivity contribution in [3.05, 3.63) is 35.6 Å². The molecule has 1 aromatic carbocycles. The number of nitrogens with one attached hydrogen (secondary N) is 1. The van der Waals surface area contributed by atoms with Crippen molar-refractivity contribution in [3.8, 4) is 0 Å². The van der Waals surface area contributed by atoms with E-state index < -0.39 is 0 Å². The van der Waals surface area contributed by atoms with Gasteiger partial charge in [0.2, 0.25) is 5.91 Å². The predicted molar refractivity (Wildman–Crippen MR) is 65.8 cm³/mol. The van der Waals surface area contributed by atoms with Crippen LogP contribution >= 0.6 is 0 Å². The van der Waals surface area contributed by atoms with Crippen LogP contribution in [0.4, 0.5) is 4.39 Å². The molecule has 18 heavy (non-hydrogen) atoms. The Morgan fingerprint density at radius 2 is 2.11 bits per heavy atom. The molecule has 0 spiro atoms. The normalized spacial score (nSPS) is 10.3. The molecule has 0 aliphatic carbocycles. The highest BCUT2D eigenvalue weighted by Crippen LogP contribution is 2.05. The van der Waals surface area contributed by atoms with Gasteiger partial charge in [-0.2, -0.15) is 0 Å². The molecule has 0 saturated carbocycles. The summed E-state index contributed by atoms with van der Waals surface area (Å²) in [4.78, 5) is 11.3. The fourth-order valence-corrected chi connectivity index (χ4v) is 1.40. The smallest absolute Gasteiger partial charge is 0.246 e. The second kappa shape index (κ2) is 8.60. The first-order valence-electron chi connectivity index (χ1n) is 5.81. The number of methoxy groups -OCH3 is 1. The molecule has 1 N–H and O–H groups in total. The van der Waals surface area contributed by atoms with Crippen LogP contribution in [-0.2, 0) is 20.7 Å². The fourth-order valence-electron chi connectivity index (χ4n) is 1.40. The highest BCUT2D eigenvalue weighted by Gasteiger charge is 2.03. The zero-order valence-electron chi connectivity index (χ0n) is 10.4. The van der Waals surface area contributed by atoms with Gasteiger partial charge in [0.05, 0.1) is 13.2 Å². The summed E-state index contributed by atoms with van der Waals surface area (Å²) in [6.07, 6.45) is 0.469. The van der Waals surface area contributed by atoms with E-state index in [1.165, 1.54) is 6.07 Å². The van der Waals surface area contributed by atoms with E-state index in [9.17, 15) is 9.18 Å². The lowest BCUT2D eigenvalue weighted by atomic mass is 10.1. The number of halogens is 1. The lowest BCUT2D eigenvalue weighted by Gasteiger charge is -2.06. The maximum absolute atomic E-state index is 13.3. The van der Waals surface area contributed by atoms with Crippen LogP contribution in [0.15, 0.2) is 24.3 Å². The Balaban J connectivity index is 2.14. The number of ether oxygens (including phenoxy) is 2. The number of hydrogen-bond acceptors (Lipinski definition) is 3. The second-order valence-corrected chi connectivity index (χ2v) is 3.74. The van der Waals surface area contributed by atoms with E-state index >= 15 is 0 Å². The van der Waals surface area contributed by atoms with E-state index in [1.54, 1.807) is 25.3 Å². The standard InChI is InChI=1S/C13H18FNO3/c1-17-8-9-18-10-13(16)15-7-6-11-4-2-3-5-12(11)14/h2-5H,6-10H2,1H3,(H,15,16). The minimum absolute atomic E-state index is 0.000627. The van der Waals surface area contributed by atoms with E-state index in [0.717, 1.165) is 0 Å². The van der Waals surface area contributed by atoms with Crippen LogP contribution in [0.3, 0.4) is 0 Å². The lowest BCUT2D eigenvalue weighted by molar-refractivity contribution is -0.126. The van der Waals surface area contributed by atoms with Crippen molar-refractivity contribution in [1.29, 1.82) is 0 Å². The van der Waals surface area contributed by atoms with Gasteiger partial charge in [-0.05, 0) is 18.1 Å². The molecule has 100 valence electrons. The summed E-state index contributed by atoms with van der Waals surface area (Å²) >= 11 is 0. The van der Waals surface area contributed by atoms with E-state index in [1.807, 2.05) is 0 Å². The van der Waals surface area contributed by atoms with Gasteiger partial charge in [0.25, 0.3) is 0 Å². The zero-order valence-corrected chi connectivity index (χ0v) is 10.4. The molecule has 1 amide bonds. The van der Waals surface area contributed by atoms with Crippen LogP contribution < -0.4 is 5.32 Å². The Bertz CT molecular complexity index is 371. The second-order valence-electron chi connectivity index (χ2n) is 3.74. The summed E-state index contributed by atoms with van der Waals surface area (Å²) in [5, 5.41) is 2.66. The van der Waals surface area contributed by atoms with Crippen molar-refractivity contribution in [2.24, 2.45) is 0 Å². The first-order chi connectivity index (χ1) is 8.74. The lowest BCUT2D eigenvalue weighted by Crippen LogP contribution is -2.30. The molecular weight excluding hydrogens is 237 g/mol. The number of amides is 1. The van der Waals surface area contributed by atoms with Gasteiger partial charge in [-0.3, -0.25) is 4.79 Å². The molecule has 0 aliphatic heterocycles. The molecule has 0 saturated heterocycles. The Hall–Kier alpha value is -1.46. The van der Waals surface area contributed by atoms with E-state index in [0.29, 0.717) is 31.7 Å². The molecule has 4 nitrogen and oxygen atoms in total. The number of hydrogen-bond donors (Lipinski definition) is 1. The van der Waals surface area contributed by atoms with E-state index in [2.05, 4.69) is 5.32 Å². The number of carbonyl (C=O) groups excluding carboxylic acids is 1. The molecule has 0 heterocycles. The minimum atomic E-state index is -0.247. The van der Waals surface area contributed by atoms with Crippen molar-refractivity contribution < 1.29 is 18.7 Å². The third-order valence-electron chi connectivity index (χ3n) is 2.34. The quantitative estimate of drug-likeness (QED) is 0.709. The molecule has 1 aromatic rings. The van der Waals surface area contributed by atoms with Crippen molar-refractivity contribution >= 4 is 5.91 Å². The number of benzene rings is 1. The predicted octanol–water partition coefficient (Wildman–Crippen LogP) is 1.15. The molecule has 0 fully saturated rings. The summed E-state index contributed by atoms with van der Waals surface area (Å²) in [6, 6.07) is 6.52. The van der Waals surface area contributed by atoms with Gasteiger partial charge in [0.1, 0.15) is 12.4 Å². The van der Waals surface area contributed by atoms with E-state index in [-0.39, 0.29) is 18.3 Å². The molecule has 5 heteroatoms. The topological polar surface area (TPSA) is 47.6 Å². The van der Waals surface area contributed by atoms with Crippen molar-refractivity contribution in [2.75, 3.05) is 33.5 Å².